The van der Waals surface area contributed by atoms with Gasteiger partial charge in [-0.3, -0.25) is 0 Å². The van der Waals surface area contributed by atoms with Crippen molar-refractivity contribution < 1.29 is 14.6 Å². The predicted octanol–water partition coefficient (Wildman–Crippen LogP) is 3.09. The van der Waals surface area contributed by atoms with Crippen molar-refractivity contribution in [3.05, 3.63) is 24.3 Å². The third kappa shape index (κ3) is 2.59. The molecule has 1 unspecified atom stereocenters. The Morgan fingerprint density at radius 1 is 1.35 bits per heavy atom. The summed E-state index contributed by atoms with van der Waals surface area (Å²) in [5, 5.41) is 13.0. The first-order chi connectivity index (χ1) is 9.41. The van der Waals surface area contributed by atoms with Gasteiger partial charge in [-0.2, -0.15) is 11.8 Å². The summed E-state index contributed by atoms with van der Waals surface area (Å²) in [6.07, 6.45) is 0.882. The number of benzene rings is 1. The van der Waals surface area contributed by atoms with E-state index in [1.807, 2.05) is 38.1 Å². The zero-order valence-corrected chi connectivity index (χ0v) is 12.9. The van der Waals surface area contributed by atoms with E-state index >= 15 is 0 Å². The van der Waals surface area contributed by atoms with Crippen LogP contribution >= 0.6 is 11.8 Å². The minimum atomic E-state index is -0.940. The maximum absolute atomic E-state index is 11.9. The number of hydrogen-bond donors (Lipinski definition) is 2. The van der Waals surface area contributed by atoms with Gasteiger partial charge in [0.15, 0.2) is 0 Å². The van der Waals surface area contributed by atoms with Crippen LogP contribution in [0, 0.1) is 5.41 Å². The second kappa shape index (κ2) is 5.56. The molecule has 20 heavy (non-hydrogen) atoms. The van der Waals surface area contributed by atoms with Gasteiger partial charge in [-0.25, -0.2) is 4.79 Å². The van der Waals surface area contributed by atoms with E-state index in [9.17, 15) is 9.90 Å². The van der Waals surface area contributed by atoms with Crippen molar-refractivity contribution >= 4 is 23.4 Å². The predicted molar refractivity (Wildman–Crippen MR) is 82.7 cm³/mol. The van der Waals surface area contributed by atoms with E-state index in [0.29, 0.717) is 5.75 Å². The van der Waals surface area contributed by atoms with Crippen molar-refractivity contribution in [3.63, 3.8) is 0 Å². The number of carbonyl (C=O) groups is 1. The van der Waals surface area contributed by atoms with Crippen molar-refractivity contribution in [2.45, 2.75) is 25.8 Å². The molecule has 1 aliphatic rings. The molecule has 0 spiro atoms. The van der Waals surface area contributed by atoms with Gasteiger partial charge in [0.1, 0.15) is 11.3 Å². The van der Waals surface area contributed by atoms with Gasteiger partial charge in [0, 0.05) is 16.9 Å². The second-order valence-corrected chi connectivity index (χ2v) is 6.86. The number of hydrogen-bond acceptors (Lipinski definition) is 4. The molecular formula is C15H21NO3S. The zero-order valence-electron chi connectivity index (χ0n) is 12.1. The summed E-state index contributed by atoms with van der Waals surface area (Å²) in [6.45, 7) is 4.05. The van der Waals surface area contributed by atoms with Crippen LogP contribution in [0.5, 0.6) is 5.75 Å². The Balaban J connectivity index is 2.31. The van der Waals surface area contributed by atoms with Crippen LogP contribution in [0.25, 0.3) is 0 Å². The Kier molecular flexibility index (Phi) is 4.18. The molecule has 1 aromatic rings. The summed E-state index contributed by atoms with van der Waals surface area (Å²) >= 11 is 1.69. The molecule has 0 saturated carbocycles. The van der Waals surface area contributed by atoms with Gasteiger partial charge < -0.3 is 15.2 Å². The van der Waals surface area contributed by atoms with Crippen LogP contribution in [-0.2, 0) is 4.79 Å². The summed E-state index contributed by atoms with van der Waals surface area (Å²) in [5.74, 6) is 1.55. The number of methoxy groups -OCH3 is 1. The highest BCUT2D eigenvalue weighted by molar-refractivity contribution is 7.99. The highest BCUT2D eigenvalue weighted by atomic mass is 32.2. The van der Waals surface area contributed by atoms with E-state index in [1.54, 1.807) is 18.9 Å². The Morgan fingerprint density at radius 3 is 2.50 bits per heavy atom. The fourth-order valence-corrected chi connectivity index (χ4v) is 4.18. The van der Waals surface area contributed by atoms with Crippen LogP contribution < -0.4 is 10.1 Å². The van der Waals surface area contributed by atoms with Crippen LogP contribution in [0.2, 0.25) is 0 Å². The summed E-state index contributed by atoms with van der Waals surface area (Å²) in [6, 6.07) is 7.39. The third-order valence-corrected chi connectivity index (χ3v) is 5.29. The third-order valence-electron chi connectivity index (χ3n) is 4.16. The largest absolute Gasteiger partial charge is 0.497 e. The summed E-state index contributed by atoms with van der Waals surface area (Å²) in [5.41, 5.74) is -0.433. The fourth-order valence-electron chi connectivity index (χ4n) is 2.49. The summed E-state index contributed by atoms with van der Waals surface area (Å²) in [4.78, 5) is 11.9. The zero-order chi connectivity index (χ0) is 14.8. The molecule has 1 saturated heterocycles. The SMILES string of the molecule is COc1ccc(NC2(C(=O)O)CSCCC2(C)C)cc1. The van der Waals surface area contributed by atoms with E-state index in [0.717, 1.165) is 23.6 Å². The Hall–Kier alpha value is -1.36. The quantitative estimate of drug-likeness (QED) is 0.894. The Morgan fingerprint density at radius 2 is 2.00 bits per heavy atom. The number of aliphatic carboxylic acids is 1. The standard InChI is InChI=1S/C15H21NO3S/c1-14(2)8-9-20-10-15(14,13(17)18)16-11-4-6-12(19-3)7-5-11/h4-7,16H,8-10H2,1-3H3,(H,17,18). The van der Waals surface area contributed by atoms with Gasteiger partial charge in [-0.05, 0) is 36.4 Å². The lowest BCUT2D eigenvalue weighted by molar-refractivity contribution is -0.145. The molecule has 1 heterocycles. The monoisotopic (exact) mass is 295 g/mol. The van der Waals surface area contributed by atoms with Crippen LogP contribution in [0.15, 0.2) is 24.3 Å². The lowest BCUT2D eigenvalue weighted by atomic mass is 9.70. The number of nitrogens with one attached hydrogen (secondary N) is 1. The average Bonchev–Trinajstić information content (AvgIpc) is 2.41. The molecule has 0 amide bonds. The molecule has 1 aliphatic heterocycles. The number of anilines is 1. The van der Waals surface area contributed by atoms with Crippen molar-refractivity contribution in [1.82, 2.24) is 0 Å². The first-order valence-corrected chi connectivity index (χ1v) is 7.80. The molecule has 0 bridgehead atoms. The molecule has 110 valence electrons. The van der Waals surface area contributed by atoms with E-state index in [-0.39, 0.29) is 5.41 Å². The number of rotatable bonds is 4. The van der Waals surface area contributed by atoms with Gasteiger partial charge >= 0.3 is 5.97 Å². The minimum absolute atomic E-state index is 0.302. The molecular weight excluding hydrogens is 274 g/mol. The number of ether oxygens (including phenoxy) is 1. The van der Waals surface area contributed by atoms with E-state index < -0.39 is 11.5 Å². The fraction of sp³-hybridized carbons (Fsp3) is 0.533. The first-order valence-electron chi connectivity index (χ1n) is 6.65. The van der Waals surface area contributed by atoms with Crippen LogP contribution in [0.3, 0.4) is 0 Å². The molecule has 0 aliphatic carbocycles. The van der Waals surface area contributed by atoms with Gasteiger partial charge in [0.2, 0.25) is 0 Å². The number of carboxylic acids is 1. The van der Waals surface area contributed by atoms with Gasteiger partial charge in [-0.15, -0.1) is 0 Å². The van der Waals surface area contributed by atoms with E-state index in [2.05, 4.69) is 5.32 Å². The highest BCUT2D eigenvalue weighted by Crippen LogP contribution is 2.44. The molecule has 4 nitrogen and oxygen atoms in total. The first kappa shape index (κ1) is 15.0. The number of carboxylic acid groups (broad SMARTS) is 1. The topological polar surface area (TPSA) is 58.6 Å². The normalized spacial score (nSPS) is 24.9. The average molecular weight is 295 g/mol. The molecule has 2 rings (SSSR count). The highest BCUT2D eigenvalue weighted by Gasteiger charge is 2.53. The number of thioether (sulfide) groups is 1. The molecule has 5 heteroatoms. The summed E-state index contributed by atoms with van der Waals surface area (Å²) < 4.78 is 5.12. The van der Waals surface area contributed by atoms with Crippen molar-refractivity contribution in [2.24, 2.45) is 5.41 Å². The molecule has 1 aromatic carbocycles. The second-order valence-electron chi connectivity index (χ2n) is 5.75. The maximum Gasteiger partial charge on any atom is 0.330 e. The molecule has 0 radical (unpaired) electrons. The van der Waals surface area contributed by atoms with Crippen molar-refractivity contribution in [1.29, 1.82) is 0 Å². The Labute approximate surface area is 123 Å². The smallest absolute Gasteiger partial charge is 0.330 e. The van der Waals surface area contributed by atoms with Crippen LogP contribution in [0.4, 0.5) is 5.69 Å². The van der Waals surface area contributed by atoms with Crippen LogP contribution in [-0.4, -0.2) is 35.2 Å². The Bertz CT molecular complexity index is 486. The van der Waals surface area contributed by atoms with Crippen molar-refractivity contribution in [3.8, 4) is 5.75 Å². The van der Waals surface area contributed by atoms with E-state index in [1.165, 1.54) is 0 Å². The minimum Gasteiger partial charge on any atom is -0.497 e. The maximum atomic E-state index is 11.9. The van der Waals surface area contributed by atoms with Gasteiger partial charge in [0.05, 0.1) is 7.11 Å². The molecule has 1 fully saturated rings. The van der Waals surface area contributed by atoms with Crippen LogP contribution in [0.1, 0.15) is 20.3 Å². The van der Waals surface area contributed by atoms with Gasteiger partial charge in [0.25, 0.3) is 0 Å². The van der Waals surface area contributed by atoms with Crippen molar-refractivity contribution in [2.75, 3.05) is 23.9 Å². The molecule has 0 aromatic heterocycles. The lowest BCUT2D eigenvalue weighted by Crippen LogP contribution is -2.61. The van der Waals surface area contributed by atoms with Gasteiger partial charge in [-0.1, -0.05) is 13.8 Å². The van der Waals surface area contributed by atoms with E-state index in [4.69, 9.17) is 4.74 Å². The molecule has 2 N–H and O–H groups in total. The molecule has 1 atom stereocenters. The summed E-state index contributed by atoms with van der Waals surface area (Å²) in [7, 11) is 1.61. The lowest BCUT2D eigenvalue weighted by Gasteiger charge is -2.47.